The molecule has 3 aromatic rings. The smallest absolute Gasteiger partial charge is 0.257 e. The molecule has 0 saturated heterocycles. The minimum Gasteiger partial charge on any atom is -0.497 e. The van der Waals surface area contributed by atoms with Gasteiger partial charge in [-0.1, -0.05) is 35.2 Å². The number of carbonyl (C=O) groups is 3. The van der Waals surface area contributed by atoms with Gasteiger partial charge in [-0.2, -0.15) is 0 Å². The number of hydrogen-bond acceptors (Lipinski definition) is 8. The second kappa shape index (κ2) is 10.5. The molecule has 3 N–H and O–H groups in total. The van der Waals surface area contributed by atoms with Gasteiger partial charge < -0.3 is 15.4 Å². The van der Waals surface area contributed by atoms with E-state index in [0.717, 1.165) is 0 Å². The molecule has 0 aliphatic carbocycles. The number of benzene rings is 2. The molecule has 3 amide bonds. The van der Waals surface area contributed by atoms with Gasteiger partial charge in [0.2, 0.25) is 16.9 Å². The van der Waals surface area contributed by atoms with E-state index >= 15 is 0 Å². The van der Waals surface area contributed by atoms with Crippen molar-refractivity contribution >= 4 is 57.3 Å². The van der Waals surface area contributed by atoms with Crippen molar-refractivity contribution in [2.45, 2.75) is 11.3 Å². The third-order valence-electron chi connectivity index (χ3n) is 3.75. The minimum atomic E-state index is -0.330. The lowest BCUT2D eigenvalue weighted by Crippen LogP contribution is -2.14. The van der Waals surface area contributed by atoms with Gasteiger partial charge in [0, 0.05) is 23.9 Å². The zero-order chi connectivity index (χ0) is 22.2. The fourth-order valence-corrected chi connectivity index (χ4v) is 4.00. The van der Waals surface area contributed by atoms with Crippen LogP contribution >= 0.6 is 23.1 Å². The standard InChI is InChI=1S/C20H19N5O4S2/c1-12(26)21-14-6-4-7-15(10-14)22-17(27)11-30-20-25-24-19(31-20)23-18(28)13-5-3-8-16(9-13)29-2/h3-10H,11H2,1-2H3,(H,21,26)(H,22,27)(H,23,24,28). The van der Waals surface area contributed by atoms with Crippen molar-refractivity contribution in [3.63, 3.8) is 0 Å². The number of rotatable bonds is 8. The average molecular weight is 458 g/mol. The molecule has 160 valence electrons. The van der Waals surface area contributed by atoms with Crippen molar-refractivity contribution in [2.24, 2.45) is 0 Å². The second-order valence-corrected chi connectivity index (χ2v) is 8.36. The highest BCUT2D eigenvalue weighted by Crippen LogP contribution is 2.26. The SMILES string of the molecule is COc1cccc(C(=O)Nc2nnc(SCC(=O)Nc3cccc(NC(C)=O)c3)s2)c1. The third kappa shape index (κ3) is 6.79. The molecule has 2 aromatic carbocycles. The van der Waals surface area contributed by atoms with Gasteiger partial charge in [-0.05, 0) is 36.4 Å². The van der Waals surface area contributed by atoms with E-state index in [2.05, 4.69) is 26.1 Å². The monoisotopic (exact) mass is 457 g/mol. The summed E-state index contributed by atoms with van der Waals surface area (Å²) in [5, 5.41) is 16.4. The molecule has 0 aliphatic heterocycles. The van der Waals surface area contributed by atoms with Gasteiger partial charge in [-0.25, -0.2) is 0 Å². The van der Waals surface area contributed by atoms with Gasteiger partial charge in [-0.15, -0.1) is 10.2 Å². The summed E-state index contributed by atoms with van der Waals surface area (Å²) in [5.74, 6) is -0.0621. The van der Waals surface area contributed by atoms with Crippen LogP contribution in [0.25, 0.3) is 0 Å². The predicted molar refractivity (Wildman–Crippen MR) is 121 cm³/mol. The summed E-state index contributed by atoms with van der Waals surface area (Å²) in [4.78, 5) is 35.7. The van der Waals surface area contributed by atoms with E-state index in [1.165, 1.54) is 37.1 Å². The molecule has 3 rings (SSSR count). The summed E-state index contributed by atoms with van der Waals surface area (Å²) >= 11 is 2.38. The van der Waals surface area contributed by atoms with Gasteiger partial charge in [0.15, 0.2) is 4.34 Å². The Bertz CT molecular complexity index is 1100. The first kappa shape index (κ1) is 22.2. The number of methoxy groups -OCH3 is 1. The molecule has 1 aromatic heterocycles. The van der Waals surface area contributed by atoms with E-state index < -0.39 is 0 Å². The Morgan fingerprint density at radius 1 is 1.00 bits per heavy atom. The summed E-state index contributed by atoms with van der Waals surface area (Å²) in [6.07, 6.45) is 0. The molecule has 0 unspecified atom stereocenters. The van der Waals surface area contributed by atoms with E-state index in [-0.39, 0.29) is 23.5 Å². The lowest BCUT2D eigenvalue weighted by Gasteiger charge is -2.07. The fourth-order valence-electron chi connectivity index (χ4n) is 2.45. The number of anilines is 3. The topological polar surface area (TPSA) is 122 Å². The first-order valence-electron chi connectivity index (χ1n) is 9.02. The van der Waals surface area contributed by atoms with Crippen molar-refractivity contribution in [1.29, 1.82) is 0 Å². The largest absolute Gasteiger partial charge is 0.497 e. The van der Waals surface area contributed by atoms with Crippen LogP contribution in [0.4, 0.5) is 16.5 Å². The molecule has 0 fully saturated rings. The zero-order valence-electron chi connectivity index (χ0n) is 16.7. The number of nitrogens with one attached hydrogen (secondary N) is 3. The quantitative estimate of drug-likeness (QED) is 0.350. The maximum absolute atomic E-state index is 12.3. The molecular formula is C20H19N5O4S2. The lowest BCUT2D eigenvalue weighted by atomic mass is 10.2. The fraction of sp³-hybridized carbons (Fsp3) is 0.150. The number of thioether (sulfide) groups is 1. The highest BCUT2D eigenvalue weighted by atomic mass is 32.2. The molecule has 31 heavy (non-hydrogen) atoms. The van der Waals surface area contributed by atoms with E-state index in [9.17, 15) is 14.4 Å². The zero-order valence-corrected chi connectivity index (χ0v) is 18.3. The van der Waals surface area contributed by atoms with Crippen LogP contribution in [0.5, 0.6) is 5.75 Å². The van der Waals surface area contributed by atoms with Crippen LogP contribution in [0.3, 0.4) is 0 Å². The molecule has 11 heteroatoms. The molecule has 0 saturated carbocycles. The van der Waals surface area contributed by atoms with Crippen LogP contribution in [-0.2, 0) is 9.59 Å². The molecule has 0 aliphatic rings. The van der Waals surface area contributed by atoms with E-state index in [1.54, 1.807) is 48.5 Å². The average Bonchev–Trinajstić information content (AvgIpc) is 3.19. The van der Waals surface area contributed by atoms with Crippen molar-refractivity contribution in [3.05, 3.63) is 54.1 Å². The number of carbonyl (C=O) groups excluding carboxylic acids is 3. The number of amides is 3. The molecule has 0 spiro atoms. The highest BCUT2D eigenvalue weighted by molar-refractivity contribution is 8.01. The van der Waals surface area contributed by atoms with Gasteiger partial charge >= 0.3 is 0 Å². The van der Waals surface area contributed by atoms with Crippen LogP contribution in [0.1, 0.15) is 17.3 Å². The Morgan fingerprint density at radius 3 is 2.48 bits per heavy atom. The summed E-state index contributed by atoms with van der Waals surface area (Å²) in [6, 6.07) is 13.6. The van der Waals surface area contributed by atoms with E-state index in [1.807, 2.05) is 0 Å². The number of hydrogen-bond donors (Lipinski definition) is 3. The molecule has 0 atom stereocenters. The van der Waals surface area contributed by atoms with Crippen LogP contribution in [0.15, 0.2) is 52.9 Å². The molecule has 0 bridgehead atoms. The summed E-state index contributed by atoms with van der Waals surface area (Å²) < 4.78 is 5.66. The number of aromatic nitrogens is 2. The van der Waals surface area contributed by atoms with Crippen LogP contribution in [0.2, 0.25) is 0 Å². The second-order valence-electron chi connectivity index (χ2n) is 6.16. The van der Waals surface area contributed by atoms with E-state index in [4.69, 9.17) is 4.74 Å². The molecule has 9 nitrogen and oxygen atoms in total. The summed E-state index contributed by atoms with van der Waals surface area (Å²) in [6.45, 7) is 1.41. The van der Waals surface area contributed by atoms with Crippen LogP contribution in [-0.4, -0.2) is 40.8 Å². The summed E-state index contributed by atoms with van der Waals surface area (Å²) in [5.41, 5.74) is 1.60. The van der Waals surface area contributed by atoms with Gasteiger partial charge in [-0.3, -0.25) is 19.7 Å². The van der Waals surface area contributed by atoms with Crippen molar-refractivity contribution < 1.29 is 19.1 Å². The lowest BCUT2D eigenvalue weighted by molar-refractivity contribution is -0.114. The predicted octanol–water partition coefficient (Wildman–Crippen LogP) is 3.49. The van der Waals surface area contributed by atoms with Crippen LogP contribution in [0, 0.1) is 0 Å². The third-order valence-corrected chi connectivity index (χ3v) is 5.72. The maximum atomic E-state index is 12.3. The molecular weight excluding hydrogens is 438 g/mol. The normalized spacial score (nSPS) is 10.3. The highest BCUT2D eigenvalue weighted by Gasteiger charge is 2.13. The van der Waals surface area contributed by atoms with Crippen molar-refractivity contribution in [1.82, 2.24) is 10.2 Å². The minimum absolute atomic E-state index is 0.114. The molecule has 1 heterocycles. The Morgan fingerprint density at radius 2 is 1.74 bits per heavy atom. The first-order valence-corrected chi connectivity index (χ1v) is 10.8. The molecule has 0 radical (unpaired) electrons. The number of ether oxygens (including phenoxy) is 1. The first-order chi connectivity index (χ1) is 14.9. The van der Waals surface area contributed by atoms with Crippen molar-refractivity contribution in [3.8, 4) is 5.75 Å². The van der Waals surface area contributed by atoms with Crippen molar-refractivity contribution in [2.75, 3.05) is 28.8 Å². The van der Waals surface area contributed by atoms with Gasteiger partial charge in [0.05, 0.1) is 12.9 Å². The number of nitrogens with zero attached hydrogens (tertiary/aromatic N) is 2. The maximum Gasteiger partial charge on any atom is 0.257 e. The van der Waals surface area contributed by atoms with Crippen LogP contribution < -0.4 is 20.7 Å². The summed E-state index contributed by atoms with van der Waals surface area (Å²) in [7, 11) is 1.53. The Kier molecular flexibility index (Phi) is 7.57. The van der Waals surface area contributed by atoms with Gasteiger partial charge in [0.1, 0.15) is 5.75 Å². The Labute approximate surface area is 186 Å². The Balaban J connectivity index is 1.51. The van der Waals surface area contributed by atoms with E-state index in [0.29, 0.717) is 32.2 Å². The van der Waals surface area contributed by atoms with Gasteiger partial charge in [0.25, 0.3) is 5.91 Å². The Hall–Kier alpha value is -3.44.